The monoisotopic (exact) mass is 442 g/mol. The van der Waals surface area contributed by atoms with Gasteiger partial charge in [0.05, 0.1) is 10.8 Å². The second kappa shape index (κ2) is 8.97. The number of aromatic nitrogens is 3. The van der Waals surface area contributed by atoms with E-state index in [0.29, 0.717) is 46.2 Å². The number of nitrogens with one attached hydrogen (secondary N) is 1. The van der Waals surface area contributed by atoms with Crippen molar-refractivity contribution in [2.75, 3.05) is 12.1 Å². The summed E-state index contributed by atoms with van der Waals surface area (Å²) >= 11 is 1.29. The number of ether oxygens (including phenoxy) is 2. The molecule has 1 aromatic heterocycles. The molecule has 162 valence electrons. The van der Waals surface area contributed by atoms with Gasteiger partial charge in [0, 0.05) is 18.3 Å². The molecule has 0 saturated carbocycles. The Balaban J connectivity index is 1.52. The Morgan fingerprint density at radius 1 is 1.16 bits per heavy atom. The van der Waals surface area contributed by atoms with Crippen LogP contribution < -0.4 is 14.8 Å². The van der Waals surface area contributed by atoms with E-state index in [1.54, 1.807) is 43.3 Å². The predicted molar refractivity (Wildman–Crippen MR) is 117 cm³/mol. The molecule has 0 spiro atoms. The zero-order chi connectivity index (χ0) is 22.0. The minimum atomic E-state index is -0.450. The van der Waals surface area contributed by atoms with Gasteiger partial charge in [0.2, 0.25) is 12.7 Å². The second-order valence-corrected chi connectivity index (χ2v) is 8.92. The van der Waals surface area contributed by atoms with E-state index in [2.05, 4.69) is 29.4 Å². The number of nitrogens with zero attached hydrogens (tertiary/aromatic N) is 3. The van der Waals surface area contributed by atoms with Crippen molar-refractivity contribution in [2.24, 2.45) is 5.92 Å². The Labute approximate surface area is 184 Å². The average Bonchev–Trinajstić information content (AvgIpc) is 3.35. The fourth-order valence-electron chi connectivity index (χ4n) is 3.18. The summed E-state index contributed by atoms with van der Waals surface area (Å²) < 4.78 is 26.9. The van der Waals surface area contributed by atoms with E-state index in [-0.39, 0.29) is 18.5 Å². The topological polar surface area (TPSA) is 78.3 Å². The molecule has 1 amide bonds. The number of hydrogen-bond acceptors (Lipinski definition) is 6. The molecule has 1 unspecified atom stereocenters. The molecule has 1 atom stereocenters. The number of hydrogen-bond donors (Lipinski definition) is 1. The molecule has 0 fully saturated rings. The highest BCUT2D eigenvalue weighted by atomic mass is 32.2. The zero-order valence-electron chi connectivity index (χ0n) is 17.5. The quantitative estimate of drug-likeness (QED) is 0.540. The van der Waals surface area contributed by atoms with E-state index in [1.807, 2.05) is 4.57 Å². The molecule has 2 aromatic carbocycles. The van der Waals surface area contributed by atoms with Crippen LogP contribution in [-0.4, -0.2) is 32.7 Å². The number of anilines is 1. The van der Waals surface area contributed by atoms with Gasteiger partial charge in [-0.1, -0.05) is 37.7 Å². The molecule has 4 rings (SSSR count). The number of thioether (sulfide) groups is 1. The standard InChI is InChI=1S/C22H23FN4O3S/c1-13(2)11-27-20(16-6-4-5-7-17(16)23)25-26-22(27)31-14(3)21(28)24-15-8-9-18-19(10-15)30-12-29-18/h4-10,13-14H,11-12H2,1-3H3,(H,24,28). The van der Waals surface area contributed by atoms with Gasteiger partial charge in [-0.3, -0.25) is 4.79 Å². The van der Waals surface area contributed by atoms with Gasteiger partial charge in [0.25, 0.3) is 0 Å². The van der Waals surface area contributed by atoms with Gasteiger partial charge in [0.1, 0.15) is 5.82 Å². The fraction of sp³-hybridized carbons (Fsp3) is 0.318. The summed E-state index contributed by atoms with van der Waals surface area (Å²) in [5, 5.41) is 11.5. The Morgan fingerprint density at radius 3 is 2.71 bits per heavy atom. The maximum Gasteiger partial charge on any atom is 0.237 e. The molecule has 1 aliphatic heterocycles. The first-order chi connectivity index (χ1) is 14.9. The maximum absolute atomic E-state index is 14.4. The predicted octanol–water partition coefficient (Wildman–Crippen LogP) is 4.59. The van der Waals surface area contributed by atoms with Crippen molar-refractivity contribution >= 4 is 23.4 Å². The molecule has 0 radical (unpaired) electrons. The van der Waals surface area contributed by atoms with Crippen molar-refractivity contribution in [1.29, 1.82) is 0 Å². The van der Waals surface area contributed by atoms with Crippen molar-refractivity contribution in [3.05, 3.63) is 48.3 Å². The summed E-state index contributed by atoms with van der Waals surface area (Å²) in [5.41, 5.74) is 1.01. The van der Waals surface area contributed by atoms with Crippen LogP contribution in [-0.2, 0) is 11.3 Å². The van der Waals surface area contributed by atoms with E-state index < -0.39 is 5.25 Å². The molecule has 31 heavy (non-hydrogen) atoms. The minimum Gasteiger partial charge on any atom is -0.454 e. The molecule has 7 nitrogen and oxygen atoms in total. The Morgan fingerprint density at radius 2 is 1.94 bits per heavy atom. The third-order valence-electron chi connectivity index (χ3n) is 4.67. The number of amides is 1. The Bertz CT molecular complexity index is 1100. The molecule has 0 saturated heterocycles. The van der Waals surface area contributed by atoms with Gasteiger partial charge in [-0.05, 0) is 37.1 Å². The lowest BCUT2D eigenvalue weighted by Crippen LogP contribution is -2.23. The third kappa shape index (κ3) is 4.66. The van der Waals surface area contributed by atoms with Gasteiger partial charge < -0.3 is 19.4 Å². The number of rotatable bonds is 7. The van der Waals surface area contributed by atoms with E-state index in [1.165, 1.54) is 17.8 Å². The lowest BCUT2D eigenvalue weighted by molar-refractivity contribution is -0.115. The van der Waals surface area contributed by atoms with Crippen molar-refractivity contribution in [1.82, 2.24) is 14.8 Å². The second-order valence-electron chi connectivity index (χ2n) is 7.61. The molecule has 1 N–H and O–H groups in total. The van der Waals surface area contributed by atoms with Crippen molar-refractivity contribution in [2.45, 2.75) is 37.7 Å². The van der Waals surface area contributed by atoms with Crippen LogP contribution >= 0.6 is 11.8 Å². The first-order valence-corrected chi connectivity index (χ1v) is 10.9. The van der Waals surface area contributed by atoms with Gasteiger partial charge >= 0.3 is 0 Å². The van der Waals surface area contributed by atoms with Crippen LogP contribution in [0.3, 0.4) is 0 Å². The van der Waals surface area contributed by atoms with E-state index in [9.17, 15) is 9.18 Å². The minimum absolute atomic E-state index is 0.175. The van der Waals surface area contributed by atoms with Crippen molar-refractivity contribution in [3.8, 4) is 22.9 Å². The molecule has 3 aromatic rings. The average molecular weight is 443 g/mol. The van der Waals surface area contributed by atoms with Crippen LogP contribution in [0.25, 0.3) is 11.4 Å². The highest BCUT2D eigenvalue weighted by molar-refractivity contribution is 8.00. The molecular formula is C22H23FN4O3S. The van der Waals surface area contributed by atoms with Crippen LogP contribution in [0.2, 0.25) is 0 Å². The number of benzene rings is 2. The van der Waals surface area contributed by atoms with Crippen LogP contribution in [0, 0.1) is 11.7 Å². The highest BCUT2D eigenvalue weighted by Crippen LogP contribution is 2.35. The lowest BCUT2D eigenvalue weighted by atomic mass is 10.2. The molecule has 9 heteroatoms. The lowest BCUT2D eigenvalue weighted by Gasteiger charge is -2.15. The first kappa shape index (κ1) is 21.2. The molecule has 1 aliphatic rings. The third-order valence-corrected chi connectivity index (χ3v) is 5.75. The van der Waals surface area contributed by atoms with Gasteiger partial charge in [-0.25, -0.2) is 4.39 Å². The first-order valence-electron chi connectivity index (χ1n) is 9.97. The van der Waals surface area contributed by atoms with Crippen LogP contribution in [0.15, 0.2) is 47.6 Å². The molecule has 0 aliphatic carbocycles. The summed E-state index contributed by atoms with van der Waals surface area (Å²) in [4.78, 5) is 12.8. The van der Waals surface area contributed by atoms with Crippen LogP contribution in [0.5, 0.6) is 11.5 Å². The molecular weight excluding hydrogens is 419 g/mol. The zero-order valence-corrected chi connectivity index (χ0v) is 18.3. The SMILES string of the molecule is CC(C)Cn1c(SC(C)C(=O)Nc2ccc3c(c2)OCO3)nnc1-c1ccccc1F. The fourth-order valence-corrected chi connectivity index (χ4v) is 4.04. The smallest absolute Gasteiger partial charge is 0.237 e. The summed E-state index contributed by atoms with van der Waals surface area (Å²) in [6.45, 7) is 6.71. The number of fused-ring (bicyclic) bond motifs is 1. The van der Waals surface area contributed by atoms with Crippen LogP contribution in [0.4, 0.5) is 10.1 Å². The van der Waals surface area contributed by atoms with Crippen molar-refractivity contribution in [3.63, 3.8) is 0 Å². The maximum atomic E-state index is 14.4. The van der Waals surface area contributed by atoms with Gasteiger partial charge in [-0.15, -0.1) is 10.2 Å². The van der Waals surface area contributed by atoms with E-state index in [4.69, 9.17) is 9.47 Å². The van der Waals surface area contributed by atoms with Gasteiger partial charge in [0.15, 0.2) is 22.5 Å². The summed E-state index contributed by atoms with van der Waals surface area (Å²) in [6, 6.07) is 11.7. The van der Waals surface area contributed by atoms with E-state index >= 15 is 0 Å². The van der Waals surface area contributed by atoms with Crippen molar-refractivity contribution < 1.29 is 18.7 Å². The highest BCUT2D eigenvalue weighted by Gasteiger charge is 2.23. The summed E-state index contributed by atoms with van der Waals surface area (Å²) in [7, 11) is 0. The van der Waals surface area contributed by atoms with Gasteiger partial charge in [-0.2, -0.15) is 0 Å². The summed E-state index contributed by atoms with van der Waals surface area (Å²) in [5.74, 6) is 1.46. The van der Waals surface area contributed by atoms with E-state index in [0.717, 1.165) is 0 Å². The number of carbonyl (C=O) groups excluding carboxylic acids is 1. The molecule has 0 bridgehead atoms. The van der Waals surface area contributed by atoms with Crippen LogP contribution in [0.1, 0.15) is 20.8 Å². The Kier molecular flexibility index (Phi) is 6.13. The largest absolute Gasteiger partial charge is 0.454 e. The Hall–Kier alpha value is -3.07. The normalized spacial score (nSPS) is 13.5. The summed E-state index contributed by atoms with van der Waals surface area (Å²) in [6.07, 6.45) is 0. The number of halogens is 1. The molecule has 2 heterocycles. The number of carbonyl (C=O) groups is 1.